The Morgan fingerprint density at radius 2 is 2.22 bits per heavy atom. The Balaban J connectivity index is 2.33. The third kappa shape index (κ3) is 2.44. The Morgan fingerprint density at radius 3 is 2.83 bits per heavy atom. The molecule has 1 aromatic rings. The van der Waals surface area contributed by atoms with Crippen molar-refractivity contribution >= 4 is 17.3 Å². The van der Waals surface area contributed by atoms with Gasteiger partial charge in [-0.2, -0.15) is 5.26 Å². The highest BCUT2D eigenvalue weighted by Gasteiger charge is 2.34. The van der Waals surface area contributed by atoms with Gasteiger partial charge in [0.2, 0.25) is 0 Å². The van der Waals surface area contributed by atoms with E-state index in [4.69, 9.17) is 16.9 Å². The van der Waals surface area contributed by atoms with Crippen molar-refractivity contribution in [2.24, 2.45) is 5.92 Å². The van der Waals surface area contributed by atoms with Crippen LogP contribution < -0.4 is 4.90 Å². The average molecular weight is 267 g/mol. The van der Waals surface area contributed by atoms with Gasteiger partial charge in [0.15, 0.2) is 0 Å². The summed E-state index contributed by atoms with van der Waals surface area (Å²) in [6, 6.07) is 7.06. The molecule has 0 bridgehead atoms. The Bertz CT molecular complexity index is 493. The van der Waals surface area contributed by atoms with Gasteiger partial charge in [0, 0.05) is 17.8 Å². The van der Waals surface area contributed by atoms with Crippen molar-refractivity contribution in [1.29, 1.82) is 5.26 Å². The summed E-state index contributed by atoms with van der Waals surface area (Å²) < 4.78 is 13.2. The summed E-state index contributed by atoms with van der Waals surface area (Å²) in [5.74, 6) is -0.381. The summed E-state index contributed by atoms with van der Waals surface area (Å²) >= 11 is 5.83. The summed E-state index contributed by atoms with van der Waals surface area (Å²) in [4.78, 5) is 2.15. The van der Waals surface area contributed by atoms with E-state index < -0.39 is 5.82 Å². The molecule has 1 saturated heterocycles. The largest absolute Gasteiger partial charge is 0.365 e. The number of halogens is 2. The molecule has 0 aliphatic carbocycles. The number of hydrogen-bond acceptors (Lipinski definition) is 2. The Hall–Kier alpha value is -1.27. The quantitative estimate of drug-likeness (QED) is 0.768. The highest BCUT2D eigenvalue weighted by molar-refractivity contribution is 6.31. The SMILES string of the molecule is CC1(C)CCC(C#N)CN1c1ccc(F)c(Cl)c1. The van der Waals surface area contributed by atoms with Crippen molar-refractivity contribution in [2.45, 2.75) is 32.2 Å². The van der Waals surface area contributed by atoms with Gasteiger partial charge in [-0.15, -0.1) is 0 Å². The molecule has 0 N–H and O–H groups in total. The highest BCUT2D eigenvalue weighted by atomic mass is 35.5. The smallest absolute Gasteiger partial charge is 0.141 e. The second-order valence-corrected chi connectivity index (χ2v) is 5.79. The van der Waals surface area contributed by atoms with Gasteiger partial charge >= 0.3 is 0 Å². The highest BCUT2D eigenvalue weighted by Crippen LogP contribution is 2.35. The lowest BCUT2D eigenvalue weighted by atomic mass is 9.85. The van der Waals surface area contributed by atoms with Crippen molar-refractivity contribution in [2.75, 3.05) is 11.4 Å². The first kappa shape index (κ1) is 13.2. The van der Waals surface area contributed by atoms with Crippen molar-refractivity contribution in [1.82, 2.24) is 0 Å². The normalized spacial score (nSPS) is 22.6. The molecule has 1 unspecified atom stereocenters. The Morgan fingerprint density at radius 1 is 1.50 bits per heavy atom. The third-order valence-electron chi connectivity index (χ3n) is 3.64. The van der Waals surface area contributed by atoms with E-state index in [1.54, 1.807) is 12.1 Å². The summed E-state index contributed by atoms with van der Waals surface area (Å²) in [6.07, 6.45) is 1.86. The molecule has 2 rings (SSSR count). The molecule has 1 aliphatic heterocycles. The van der Waals surface area contributed by atoms with Gasteiger partial charge in [-0.1, -0.05) is 11.6 Å². The van der Waals surface area contributed by atoms with Gasteiger partial charge in [0.25, 0.3) is 0 Å². The molecule has 96 valence electrons. The lowest BCUT2D eigenvalue weighted by Gasteiger charge is -2.45. The van der Waals surface area contributed by atoms with Crippen LogP contribution in [-0.2, 0) is 0 Å². The van der Waals surface area contributed by atoms with E-state index in [1.807, 2.05) is 0 Å². The number of anilines is 1. The van der Waals surface area contributed by atoms with Crippen LogP contribution in [0.3, 0.4) is 0 Å². The predicted octanol–water partition coefficient (Wildman–Crippen LogP) is 4.00. The molecular formula is C14H16ClFN2. The zero-order valence-corrected chi connectivity index (χ0v) is 11.3. The van der Waals surface area contributed by atoms with E-state index in [9.17, 15) is 4.39 Å². The fourth-order valence-corrected chi connectivity index (χ4v) is 2.61. The predicted molar refractivity (Wildman–Crippen MR) is 71.2 cm³/mol. The fraction of sp³-hybridized carbons (Fsp3) is 0.500. The maximum atomic E-state index is 13.2. The number of piperidine rings is 1. The molecule has 0 amide bonds. The maximum Gasteiger partial charge on any atom is 0.141 e. The van der Waals surface area contributed by atoms with Crippen LogP contribution in [0.25, 0.3) is 0 Å². The average Bonchev–Trinajstić information content (AvgIpc) is 2.33. The van der Waals surface area contributed by atoms with E-state index in [2.05, 4.69) is 24.8 Å². The number of nitriles is 1. The number of benzene rings is 1. The van der Waals surface area contributed by atoms with Crippen LogP contribution >= 0.6 is 11.6 Å². The molecule has 1 aliphatic rings. The van der Waals surface area contributed by atoms with Crippen LogP contribution in [0.2, 0.25) is 5.02 Å². The molecular weight excluding hydrogens is 251 g/mol. The molecule has 0 saturated carbocycles. The zero-order valence-electron chi connectivity index (χ0n) is 10.6. The molecule has 1 fully saturated rings. The van der Waals surface area contributed by atoms with Gasteiger partial charge in [-0.3, -0.25) is 0 Å². The Kier molecular flexibility index (Phi) is 3.49. The zero-order chi connectivity index (χ0) is 13.3. The molecule has 18 heavy (non-hydrogen) atoms. The van der Waals surface area contributed by atoms with Crippen LogP contribution in [-0.4, -0.2) is 12.1 Å². The number of hydrogen-bond donors (Lipinski definition) is 0. The van der Waals surface area contributed by atoms with Crippen molar-refractivity contribution in [3.8, 4) is 6.07 Å². The lowest BCUT2D eigenvalue weighted by Crippen LogP contribution is -2.50. The van der Waals surface area contributed by atoms with E-state index in [1.165, 1.54) is 6.07 Å². The maximum absolute atomic E-state index is 13.2. The minimum atomic E-state index is -0.410. The summed E-state index contributed by atoms with van der Waals surface area (Å²) in [7, 11) is 0. The van der Waals surface area contributed by atoms with Crippen LogP contribution in [0, 0.1) is 23.1 Å². The Labute approximate surface area is 112 Å². The molecule has 0 radical (unpaired) electrons. The van der Waals surface area contributed by atoms with Gasteiger partial charge in [-0.25, -0.2) is 4.39 Å². The standard InChI is InChI=1S/C14H16ClFN2/c1-14(2)6-5-10(8-17)9-18(14)11-3-4-13(16)12(15)7-11/h3-4,7,10H,5-6,9H2,1-2H3. The molecule has 1 heterocycles. The monoisotopic (exact) mass is 266 g/mol. The first-order valence-electron chi connectivity index (χ1n) is 6.06. The van der Waals surface area contributed by atoms with Crippen molar-refractivity contribution in [3.63, 3.8) is 0 Å². The minimum absolute atomic E-state index is 0.0295. The van der Waals surface area contributed by atoms with E-state index in [0.29, 0.717) is 6.54 Å². The molecule has 4 heteroatoms. The van der Waals surface area contributed by atoms with Gasteiger partial charge in [-0.05, 0) is 44.9 Å². The number of rotatable bonds is 1. The third-order valence-corrected chi connectivity index (χ3v) is 3.93. The minimum Gasteiger partial charge on any atom is -0.365 e. The number of nitrogens with zero attached hydrogens (tertiary/aromatic N) is 2. The molecule has 2 nitrogen and oxygen atoms in total. The second-order valence-electron chi connectivity index (χ2n) is 5.39. The molecule has 1 atom stereocenters. The summed E-state index contributed by atoms with van der Waals surface area (Å²) in [5, 5.41) is 9.19. The summed E-state index contributed by atoms with van der Waals surface area (Å²) in [6.45, 7) is 4.95. The van der Waals surface area contributed by atoms with Crippen LogP contribution in [0.1, 0.15) is 26.7 Å². The first-order valence-corrected chi connectivity index (χ1v) is 6.44. The van der Waals surface area contributed by atoms with E-state index in [0.717, 1.165) is 18.5 Å². The summed E-state index contributed by atoms with van der Waals surface area (Å²) in [5.41, 5.74) is 0.848. The fourth-order valence-electron chi connectivity index (χ4n) is 2.43. The van der Waals surface area contributed by atoms with E-state index >= 15 is 0 Å². The van der Waals surface area contributed by atoms with Crippen LogP contribution in [0.4, 0.5) is 10.1 Å². The second kappa shape index (κ2) is 4.78. The van der Waals surface area contributed by atoms with E-state index in [-0.39, 0.29) is 16.5 Å². The first-order chi connectivity index (χ1) is 8.44. The van der Waals surface area contributed by atoms with Crippen molar-refractivity contribution < 1.29 is 4.39 Å². The van der Waals surface area contributed by atoms with Gasteiger partial charge in [0.1, 0.15) is 5.82 Å². The molecule has 0 aromatic heterocycles. The topological polar surface area (TPSA) is 27.0 Å². The molecule has 1 aromatic carbocycles. The van der Waals surface area contributed by atoms with Crippen LogP contribution in [0.15, 0.2) is 18.2 Å². The molecule has 0 spiro atoms. The lowest BCUT2D eigenvalue weighted by molar-refractivity contribution is 0.325. The van der Waals surface area contributed by atoms with Crippen LogP contribution in [0.5, 0.6) is 0 Å². The van der Waals surface area contributed by atoms with Crippen molar-refractivity contribution in [3.05, 3.63) is 29.0 Å². The van der Waals surface area contributed by atoms with Gasteiger partial charge in [0.05, 0.1) is 17.0 Å². The van der Waals surface area contributed by atoms with Gasteiger partial charge < -0.3 is 4.90 Å².